The molecule has 52 heavy (non-hydrogen) atoms. The molecule has 5 aromatic rings. The molecule has 0 saturated carbocycles. The Balaban J connectivity index is 0.00000338. The molecule has 0 bridgehead atoms. The summed E-state index contributed by atoms with van der Waals surface area (Å²) in [6.07, 6.45) is 0. The number of hydrogen-bond donors (Lipinski definition) is 2. The molecule has 0 unspecified atom stereocenters. The minimum absolute atomic E-state index is 0. The summed E-state index contributed by atoms with van der Waals surface area (Å²) in [6.45, 7) is 0. The van der Waals surface area contributed by atoms with E-state index < -0.39 is 77.2 Å². The molecule has 5 rings (SSSR count). The first kappa shape index (κ1) is 47.5. The van der Waals surface area contributed by atoms with E-state index in [4.69, 9.17) is 5.73 Å². The van der Waals surface area contributed by atoms with Crippen molar-refractivity contribution in [3.05, 3.63) is 72.8 Å². The van der Waals surface area contributed by atoms with Crippen molar-refractivity contribution < 1.29 is 132 Å². The number of phenolic OH excluding ortho intramolecular Hbond substituents is 1. The van der Waals surface area contributed by atoms with Gasteiger partial charge in [0, 0.05) is 21.8 Å². The summed E-state index contributed by atoms with van der Waals surface area (Å²) in [4.78, 5) is -3.35. The van der Waals surface area contributed by atoms with Gasteiger partial charge in [-0.3, -0.25) is 0 Å². The van der Waals surface area contributed by atoms with Crippen molar-refractivity contribution in [3.63, 3.8) is 0 Å². The minimum atomic E-state index is -5.45. The first-order valence-corrected chi connectivity index (χ1v) is 18.2. The average Bonchev–Trinajstić information content (AvgIpc) is 2.97. The number of fused-ring (bicyclic) bond motifs is 2. The van der Waals surface area contributed by atoms with Crippen LogP contribution in [0.5, 0.6) is 5.75 Å². The number of nitrogen functional groups attached to an aromatic ring is 1. The second-order valence-corrected chi connectivity index (χ2v) is 15.2. The summed E-state index contributed by atoms with van der Waals surface area (Å²) in [5.41, 5.74) is 4.03. The van der Waals surface area contributed by atoms with Crippen molar-refractivity contribution in [2.45, 2.75) is 19.6 Å². The molecule has 26 heteroatoms. The fourth-order valence-electron chi connectivity index (χ4n) is 4.42. The molecule has 250 valence electrons. The van der Waals surface area contributed by atoms with Crippen molar-refractivity contribution in [1.82, 2.24) is 0 Å². The molecule has 0 radical (unpaired) electrons. The Labute approximate surface area is 344 Å². The third-order valence-corrected chi connectivity index (χ3v) is 10.0. The summed E-state index contributed by atoms with van der Waals surface area (Å²) in [6, 6.07) is 12.0. The predicted molar refractivity (Wildman–Crippen MR) is 161 cm³/mol. The molecule has 0 aromatic heterocycles. The van der Waals surface area contributed by atoms with Crippen LogP contribution in [0.15, 0.2) is 113 Å². The van der Waals surface area contributed by atoms with Crippen molar-refractivity contribution in [2.24, 2.45) is 20.5 Å². The van der Waals surface area contributed by atoms with Gasteiger partial charge >= 0.3 is 75.4 Å². The summed E-state index contributed by atoms with van der Waals surface area (Å²) < 4.78 is 140. The Morgan fingerprint density at radius 3 is 1.50 bits per heavy atom. The number of phenols is 1. The summed E-state index contributed by atoms with van der Waals surface area (Å²) in [5, 5.41) is 25.8. The molecule has 5 aromatic carbocycles. The van der Waals surface area contributed by atoms with E-state index in [0.717, 1.165) is 30.3 Å². The van der Waals surface area contributed by atoms with Crippen LogP contribution in [0.4, 0.5) is 28.4 Å². The molecule has 0 aliphatic rings. The topological polar surface area (TPSA) is 324 Å². The quantitative estimate of drug-likeness (QED) is 0.0642. The van der Waals surface area contributed by atoms with Crippen LogP contribution in [0.1, 0.15) is 0 Å². The van der Waals surface area contributed by atoms with Crippen LogP contribution in [0.25, 0.3) is 21.5 Å². The predicted octanol–water partition coefficient (Wildman–Crippen LogP) is -8.26. The maximum absolute atomic E-state index is 12.1. The second kappa shape index (κ2) is 17.3. The van der Waals surface area contributed by atoms with Crippen LogP contribution in [-0.2, 0) is 40.5 Å². The molecule has 0 amide bonds. The van der Waals surface area contributed by atoms with Gasteiger partial charge in [-0.1, -0.05) is 6.07 Å². The van der Waals surface area contributed by atoms with Crippen LogP contribution in [-0.4, -0.2) is 57.0 Å². The SMILES string of the molecule is Nc1cc2c(O)c(N=Nc3ccc(N=Nc4ccc(S(=O)(=O)[O-])cc4)c4ccc(S(=O)(=O)[O-])cc34)c(S(=O)(=O)[O-])cc2cc1S(=O)(=O)[O-].[Li+].[Li+].[Li+].[Li+]. The van der Waals surface area contributed by atoms with Gasteiger partial charge in [0.05, 0.1) is 36.6 Å². The zero-order valence-corrected chi connectivity index (χ0v) is 30.5. The molecule has 18 nitrogen and oxygen atoms in total. The third kappa shape index (κ3) is 10.4. The van der Waals surface area contributed by atoms with Crippen molar-refractivity contribution in [3.8, 4) is 5.75 Å². The molecule has 0 aliphatic heterocycles. The Morgan fingerprint density at radius 1 is 0.500 bits per heavy atom. The number of anilines is 1. The van der Waals surface area contributed by atoms with E-state index in [1.807, 2.05) is 0 Å². The fraction of sp³-hybridized carbons (Fsp3) is 0. The standard InChI is InChI=1S/C26H19N5O13S4.4Li/c27-20-12-18-13(9-23(20)47(39,40)41)10-24(48(42,43)44)25(26(18)32)31-30-22-8-7-21(17-6-5-16(11-19(17)22)46(36,37)38)29-28-14-1-3-15(4-2-14)45(33,34)35;;;;/h1-12,32H,27H2,(H,33,34,35)(H,36,37,38)(H,39,40,41)(H,42,43,44);;;;/q;4*+1/p-4. The largest absolute Gasteiger partial charge is 1.00 e. The van der Waals surface area contributed by atoms with E-state index in [0.29, 0.717) is 12.1 Å². The number of aromatic hydroxyl groups is 1. The number of nitrogens with two attached hydrogens (primary N) is 1. The van der Waals surface area contributed by atoms with E-state index in [-0.39, 0.29) is 114 Å². The normalized spacial score (nSPS) is 12.2. The first-order valence-electron chi connectivity index (χ1n) is 12.6. The van der Waals surface area contributed by atoms with Gasteiger partial charge in [-0.05, 0) is 72.1 Å². The molecule has 0 spiro atoms. The van der Waals surface area contributed by atoms with Crippen molar-refractivity contribution >= 4 is 90.5 Å². The van der Waals surface area contributed by atoms with Gasteiger partial charge in [-0.25, -0.2) is 33.7 Å². The third-order valence-electron chi connectivity index (χ3n) is 6.61. The van der Waals surface area contributed by atoms with Gasteiger partial charge in [-0.2, -0.15) is 5.11 Å². The summed E-state index contributed by atoms with van der Waals surface area (Å²) in [7, 11) is -20.3. The molecule has 0 atom stereocenters. The number of rotatable bonds is 8. The van der Waals surface area contributed by atoms with E-state index in [9.17, 15) is 57.0 Å². The number of azo groups is 2. The Morgan fingerprint density at radius 2 is 0.981 bits per heavy atom. The van der Waals surface area contributed by atoms with E-state index in [2.05, 4.69) is 20.5 Å². The van der Waals surface area contributed by atoms with Crippen LogP contribution in [0, 0.1) is 0 Å². The molecule has 3 N–H and O–H groups in total. The monoisotopic (exact) mass is 761 g/mol. The Kier molecular flexibility index (Phi) is 15.8. The molecule has 0 aliphatic carbocycles. The van der Waals surface area contributed by atoms with Crippen molar-refractivity contribution in [1.29, 1.82) is 0 Å². The molecular formula is C26H15Li4N5O13S4. The zero-order chi connectivity index (χ0) is 35.4. The molecule has 0 fully saturated rings. The maximum atomic E-state index is 12.1. The van der Waals surface area contributed by atoms with E-state index in [1.165, 1.54) is 30.3 Å². The molecular weight excluding hydrogens is 746 g/mol. The summed E-state index contributed by atoms with van der Waals surface area (Å²) in [5.74, 6) is -0.999. The summed E-state index contributed by atoms with van der Waals surface area (Å²) >= 11 is 0. The van der Waals surface area contributed by atoms with Crippen molar-refractivity contribution in [2.75, 3.05) is 5.73 Å². The van der Waals surface area contributed by atoms with Gasteiger partial charge in [0.2, 0.25) is 0 Å². The smallest absolute Gasteiger partial charge is 0.744 e. The molecule has 0 saturated heterocycles. The van der Waals surface area contributed by atoms with Crippen LogP contribution >= 0.6 is 0 Å². The Hall–Kier alpha value is -2.55. The van der Waals surface area contributed by atoms with Crippen LogP contribution in [0.3, 0.4) is 0 Å². The van der Waals surface area contributed by atoms with Crippen LogP contribution < -0.4 is 81.2 Å². The van der Waals surface area contributed by atoms with Gasteiger partial charge in [0.25, 0.3) is 0 Å². The maximum Gasteiger partial charge on any atom is 1.00 e. The first-order chi connectivity index (χ1) is 22.1. The second-order valence-electron chi connectivity index (χ2n) is 9.70. The van der Waals surface area contributed by atoms with E-state index >= 15 is 0 Å². The number of benzene rings is 5. The van der Waals surface area contributed by atoms with Gasteiger partial charge in [0.15, 0.2) is 5.75 Å². The Bertz CT molecular complexity index is 2700. The van der Waals surface area contributed by atoms with Gasteiger partial charge in [-0.15, -0.1) is 15.3 Å². The van der Waals surface area contributed by atoms with Gasteiger partial charge in [0.1, 0.15) is 46.2 Å². The number of hydrogen-bond acceptors (Lipinski definition) is 18. The molecule has 0 heterocycles. The fourth-order valence-corrected chi connectivity index (χ4v) is 6.65. The minimum Gasteiger partial charge on any atom is -0.744 e. The number of nitrogens with zero attached hydrogens (tertiary/aromatic N) is 4. The average molecular weight is 761 g/mol. The van der Waals surface area contributed by atoms with Crippen LogP contribution in [0.2, 0.25) is 0 Å². The van der Waals surface area contributed by atoms with Gasteiger partial charge < -0.3 is 29.1 Å². The van der Waals surface area contributed by atoms with E-state index in [1.54, 1.807) is 0 Å². The zero-order valence-electron chi connectivity index (χ0n) is 27.3.